The van der Waals surface area contributed by atoms with Gasteiger partial charge in [0.25, 0.3) is 12.4 Å². The number of primary amides is 1. The number of hydrogen-bond acceptors (Lipinski definition) is 3. The van der Waals surface area contributed by atoms with Crippen LogP contribution in [0, 0.1) is 0 Å². The number of nitrogens with two attached hydrogens (primary N) is 1. The van der Waals surface area contributed by atoms with Crippen LogP contribution in [0.15, 0.2) is 24.3 Å². The van der Waals surface area contributed by atoms with Crippen LogP contribution in [-0.2, 0) is 4.79 Å². The van der Waals surface area contributed by atoms with Gasteiger partial charge >= 0.3 is 0 Å². The summed E-state index contributed by atoms with van der Waals surface area (Å²) in [6, 6.07) is 7.20. The first-order valence-corrected chi connectivity index (χ1v) is 4.37. The maximum absolute atomic E-state index is 10.9. The summed E-state index contributed by atoms with van der Waals surface area (Å²) in [5.74, 6) is -0.397. The van der Waals surface area contributed by atoms with Crippen molar-refractivity contribution in [1.82, 2.24) is 0 Å². The van der Waals surface area contributed by atoms with E-state index in [2.05, 4.69) is 5.32 Å². The fourth-order valence-electron chi connectivity index (χ4n) is 1.04. The summed E-state index contributed by atoms with van der Waals surface area (Å²) in [7, 11) is 0. The number of hydrogen-bond donors (Lipinski definition) is 3. The Bertz CT molecular complexity index is 326. The van der Waals surface area contributed by atoms with Crippen LogP contribution in [0.3, 0.4) is 0 Å². The largest absolute Gasteiger partial charge is 0.483 e. The summed E-state index contributed by atoms with van der Waals surface area (Å²) >= 11 is 0. The summed E-state index contributed by atoms with van der Waals surface area (Å²) in [6.45, 7) is 2.50. The van der Waals surface area contributed by atoms with Crippen LogP contribution in [0.1, 0.15) is 17.3 Å². The number of rotatable bonds is 3. The third-order valence-corrected chi connectivity index (χ3v) is 1.56. The molecule has 0 saturated carbocycles. The molecule has 0 saturated heterocycles. The SMILES string of the molecule is CCNc1ccccc1C(N)=O.O=CO. The van der Waals surface area contributed by atoms with Crippen LogP contribution in [0.25, 0.3) is 0 Å². The van der Waals surface area contributed by atoms with E-state index in [0.29, 0.717) is 5.56 Å². The van der Waals surface area contributed by atoms with Crippen molar-refractivity contribution in [2.45, 2.75) is 6.92 Å². The molecule has 82 valence electrons. The average molecular weight is 210 g/mol. The number of amides is 1. The van der Waals surface area contributed by atoms with Crippen LogP contribution in [0.2, 0.25) is 0 Å². The fourth-order valence-corrected chi connectivity index (χ4v) is 1.04. The molecule has 0 spiro atoms. The molecule has 1 rings (SSSR count). The van der Waals surface area contributed by atoms with E-state index in [1.165, 1.54) is 0 Å². The second-order valence-electron chi connectivity index (χ2n) is 2.55. The van der Waals surface area contributed by atoms with Crippen molar-refractivity contribution in [3.05, 3.63) is 29.8 Å². The normalized spacial score (nSPS) is 8.33. The predicted molar refractivity (Wildman–Crippen MR) is 57.8 cm³/mol. The first-order chi connectivity index (χ1) is 7.17. The number of benzene rings is 1. The number of carboxylic acid groups (broad SMARTS) is 1. The van der Waals surface area contributed by atoms with E-state index < -0.39 is 5.91 Å². The molecule has 1 aromatic rings. The van der Waals surface area contributed by atoms with E-state index in [-0.39, 0.29) is 6.47 Å². The molecule has 0 unspecified atom stereocenters. The molecule has 5 nitrogen and oxygen atoms in total. The minimum Gasteiger partial charge on any atom is -0.483 e. The standard InChI is InChI=1S/C9H12N2O.CH2O2/c1-2-11-8-6-4-3-5-7(8)9(10)12;2-1-3/h3-6,11H,2H2,1H3,(H2,10,12);1H,(H,2,3). The topological polar surface area (TPSA) is 92.4 Å². The van der Waals surface area contributed by atoms with Crippen molar-refractivity contribution in [1.29, 1.82) is 0 Å². The molecule has 5 heteroatoms. The molecule has 1 aromatic carbocycles. The summed E-state index contributed by atoms with van der Waals surface area (Å²) in [5, 5.41) is 9.95. The molecule has 0 aromatic heterocycles. The van der Waals surface area contributed by atoms with Crippen molar-refractivity contribution in [3.8, 4) is 0 Å². The second kappa shape index (κ2) is 7.37. The first kappa shape index (κ1) is 13.0. The molecule has 0 heterocycles. The molecule has 0 fully saturated rings. The van der Waals surface area contributed by atoms with E-state index in [1.807, 2.05) is 19.1 Å². The minimum atomic E-state index is -0.397. The maximum Gasteiger partial charge on any atom is 0.290 e. The van der Waals surface area contributed by atoms with Crippen LogP contribution in [0.4, 0.5) is 5.69 Å². The third kappa shape index (κ3) is 4.66. The van der Waals surface area contributed by atoms with Gasteiger partial charge < -0.3 is 16.2 Å². The second-order valence-corrected chi connectivity index (χ2v) is 2.55. The van der Waals surface area contributed by atoms with Gasteiger partial charge in [0.1, 0.15) is 0 Å². The highest BCUT2D eigenvalue weighted by molar-refractivity contribution is 5.98. The number of anilines is 1. The van der Waals surface area contributed by atoms with Gasteiger partial charge in [-0.1, -0.05) is 12.1 Å². The Hall–Kier alpha value is -2.04. The van der Waals surface area contributed by atoms with Gasteiger partial charge in [-0.2, -0.15) is 0 Å². The van der Waals surface area contributed by atoms with Crippen molar-refractivity contribution in [2.75, 3.05) is 11.9 Å². The fraction of sp³-hybridized carbons (Fsp3) is 0.200. The van der Waals surface area contributed by atoms with Gasteiger partial charge in [-0.3, -0.25) is 9.59 Å². The zero-order valence-electron chi connectivity index (χ0n) is 8.43. The summed E-state index contributed by atoms with van der Waals surface area (Å²) < 4.78 is 0. The van der Waals surface area contributed by atoms with Gasteiger partial charge in [0.05, 0.1) is 5.56 Å². The van der Waals surface area contributed by atoms with E-state index in [4.69, 9.17) is 15.6 Å². The Morgan fingerprint density at radius 2 is 2.07 bits per heavy atom. The molecule has 0 radical (unpaired) electrons. The van der Waals surface area contributed by atoms with Crippen molar-refractivity contribution < 1.29 is 14.7 Å². The molecular formula is C10H14N2O3. The summed E-state index contributed by atoms with van der Waals surface area (Å²) in [5.41, 5.74) is 6.51. The molecule has 0 bridgehead atoms. The monoisotopic (exact) mass is 210 g/mol. The zero-order valence-corrected chi connectivity index (χ0v) is 8.43. The average Bonchev–Trinajstić information content (AvgIpc) is 2.20. The van der Waals surface area contributed by atoms with Gasteiger partial charge in [0.15, 0.2) is 0 Å². The molecule has 15 heavy (non-hydrogen) atoms. The lowest BCUT2D eigenvalue weighted by molar-refractivity contribution is -0.122. The predicted octanol–water partition coefficient (Wildman–Crippen LogP) is 0.918. The first-order valence-electron chi connectivity index (χ1n) is 4.37. The highest BCUT2D eigenvalue weighted by Gasteiger charge is 2.04. The number of carbonyl (C=O) groups is 2. The lowest BCUT2D eigenvalue weighted by Gasteiger charge is -2.06. The van der Waals surface area contributed by atoms with E-state index in [9.17, 15) is 4.79 Å². The minimum absolute atomic E-state index is 0.250. The smallest absolute Gasteiger partial charge is 0.290 e. The van der Waals surface area contributed by atoms with Crippen LogP contribution in [-0.4, -0.2) is 24.0 Å². The summed E-state index contributed by atoms with van der Waals surface area (Å²) in [4.78, 5) is 19.2. The highest BCUT2D eigenvalue weighted by atomic mass is 16.3. The van der Waals surface area contributed by atoms with Crippen LogP contribution in [0.5, 0.6) is 0 Å². The molecule has 0 aliphatic carbocycles. The number of nitrogens with one attached hydrogen (secondary N) is 1. The Morgan fingerprint density at radius 3 is 2.53 bits per heavy atom. The Labute approximate surface area is 87.9 Å². The van der Waals surface area contributed by atoms with Gasteiger partial charge in [-0.15, -0.1) is 0 Å². The van der Waals surface area contributed by atoms with Gasteiger partial charge in [0.2, 0.25) is 0 Å². The van der Waals surface area contributed by atoms with E-state index >= 15 is 0 Å². The maximum atomic E-state index is 10.9. The Morgan fingerprint density at radius 1 is 1.53 bits per heavy atom. The molecule has 0 aliphatic heterocycles. The van der Waals surface area contributed by atoms with Crippen LogP contribution < -0.4 is 11.1 Å². The van der Waals surface area contributed by atoms with Crippen molar-refractivity contribution >= 4 is 18.1 Å². The van der Waals surface area contributed by atoms with Gasteiger partial charge in [-0.05, 0) is 19.1 Å². The lowest BCUT2D eigenvalue weighted by Crippen LogP contribution is -2.14. The van der Waals surface area contributed by atoms with Crippen molar-refractivity contribution in [3.63, 3.8) is 0 Å². The number of para-hydroxylation sites is 1. The zero-order chi connectivity index (χ0) is 11.7. The third-order valence-electron chi connectivity index (χ3n) is 1.56. The number of carbonyl (C=O) groups excluding carboxylic acids is 1. The molecule has 4 N–H and O–H groups in total. The molecule has 1 amide bonds. The summed E-state index contributed by atoms with van der Waals surface area (Å²) in [6.07, 6.45) is 0. The van der Waals surface area contributed by atoms with Crippen LogP contribution >= 0.6 is 0 Å². The highest BCUT2D eigenvalue weighted by Crippen LogP contribution is 2.13. The Kier molecular flexibility index (Phi) is 6.37. The quantitative estimate of drug-likeness (QED) is 0.647. The van der Waals surface area contributed by atoms with Gasteiger partial charge in [-0.25, -0.2) is 0 Å². The van der Waals surface area contributed by atoms with E-state index in [1.54, 1.807) is 12.1 Å². The lowest BCUT2D eigenvalue weighted by atomic mass is 10.1. The Balaban J connectivity index is 0.000000583. The van der Waals surface area contributed by atoms with Gasteiger partial charge in [0, 0.05) is 12.2 Å². The molecular weight excluding hydrogens is 196 g/mol. The van der Waals surface area contributed by atoms with E-state index in [0.717, 1.165) is 12.2 Å². The molecule has 0 aliphatic rings. The molecule has 0 atom stereocenters. The van der Waals surface area contributed by atoms with Crippen molar-refractivity contribution in [2.24, 2.45) is 5.73 Å².